The second-order valence-corrected chi connectivity index (χ2v) is 6.33. The summed E-state index contributed by atoms with van der Waals surface area (Å²) in [6.45, 7) is 3.70. The van der Waals surface area contributed by atoms with Crippen molar-refractivity contribution in [2.45, 2.75) is 32.8 Å². The first-order chi connectivity index (χ1) is 13.0. The van der Waals surface area contributed by atoms with Gasteiger partial charge in [-0.3, -0.25) is 0 Å². The van der Waals surface area contributed by atoms with E-state index in [4.69, 9.17) is 13.9 Å². The van der Waals surface area contributed by atoms with Gasteiger partial charge in [0.25, 0.3) is 0 Å². The van der Waals surface area contributed by atoms with E-state index in [1.807, 2.05) is 36.4 Å². The molecule has 0 aliphatic carbocycles. The minimum absolute atomic E-state index is 0.424. The molecule has 1 atom stereocenters. The fourth-order valence-electron chi connectivity index (χ4n) is 3.07. The topological polar surface area (TPSA) is 65.7 Å². The van der Waals surface area contributed by atoms with Gasteiger partial charge in [0.15, 0.2) is 6.10 Å². The van der Waals surface area contributed by atoms with Gasteiger partial charge in [0.2, 0.25) is 0 Å². The highest BCUT2D eigenvalue weighted by molar-refractivity contribution is 5.94. The van der Waals surface area contributed by atoms with Crippen molar-refractivity contribution in [1.82, 2.24) is 0 Å². The highest BCUT2D eigenvalue weighted by Crippen LogP contribution is 2.33. The normalized spacial score (nSPS) is 12.0. The SMILES string of the molecule is CCCc1cc2c(-c3ccccc3)cc(=O)oc2cc1O[C@H](C)C(=O)OC. The number of ether oxygens (including phenoxy) is 2. The minimum Gasteiger partial charge on any atom is -0.479 e. The van der Waals surface area contributed by atoms with Gasteiger partial charge in [-0.15, -0.1) is 0 Å². The lowest BCUT2D eigenvalue weighted by molar-refractivity contribution is -0.147. The van der Waals surface area contributed by atoms with Crippen LogP contribution in [0.1, 0.15) is 25.8 Å². The molecule has 140 valence electrons. The number of carbonyl (C=O) groups excluding carboxylic acids is 1. The molecule has 0 radical (unpaired) electrons. The van der Waals surface area contributed by atoms with Crippen LogP contribution < -0.4 is 10.4 Å². The Morgan fingerprint density at radius 3 is 2.56 bits per heavy atom. The van der Waals surface area contributed by atoms with Crippen LogP contribution in [0.15, 0.2) is 57.7 Å². The summed E-state index contributed by atoms with van der Waals surface area (Å²) >= 11 is 0. The lowest BCUT2D eigenvalue weighted by Crippen LogP contribution is -2.25. The zero-order valence-electron chi connectivity index (χ0n) is 15.7. The molecule has 1 heterocycles. The number of methoxy groups -OCH3 is 1. The summed E-state index contributed by atoms with van der Waals surface area (Å²) in [6.07, 6.45) is 0.922. The number of fused-ring (bicyclic) bond motifs is 1. The Morgan fingerprint density at radius 2 is 1.89 bits per heavy atom. The number of benzene rings is 2. The van der Waals surface area contributed by atoms with Crippen LogP contribution in [-0.4, -0.2) is 19.2 Å². The quantitative estimate of drug-likeness (QED) is 0.479. The van der Waals surface area contributed by atoms with Crippen LogP contribution in [0.5, 0.6) is 5.75 Å². The van der Waals surface area contributed by atoms with E-state index in [1.165, 1.54) is 13.2 Å². The Morgan fingerprint density at radius 1 is 1.15 bits per heavy atom. The molecular formula is C22H22O5. The van der Waals surface area contributed by atoms with Crippen LogP contribution in [-0.2, 0) is 16.0 Å². The Balaban J connectivity index is 2.18. The number of hydrogen-bond acceptors (Lipinski definition) is 5. The van der Waals surface area contributed by atoms with Crippen LogP contribution >= 0.6 is 0 Å². The number of hydrogen-bond donors (Lipinski definition) is 0. The molecule has 0 fully saturated rings. The molecular weight excluding hydrogens is 344 g/mol. The maximum Gasteiger partial charge on any atom is 0.346 e. The zero-order valence-corrected chi connectivity index (χ0v) is 15.7. The third-order valence-electron chi connectivity index (χ3n) is 4.37. The molecule has 0 aliphatic heterocycles. The molecule has 2 aromatic carbocycles. The molecule has 3 aromatic rings. The number of rotatable bonds is 6. The van der Waals surface area contributed by atoms with Gasteiger partial charge in [0.05, 0.1) is 7.11 Å². The Labute approximate surface area is 157 Å². The third-order valence-corrected chi connectivity index (χ3v) is 4.37. The van der Waals surface area contributed by atoms with Crippen LogP contribution in [0.2, 0.25) is 0 Å². The van der Waals surface area contributed by atoms with Gasteiger partial charge in [0.1, 0.15) is 11.3 Å². The summed E-state index contributed by atoms with van der Waals surface area (Å²) in [5.41, 5.74) is 2.69. The number of aryl methyl sites for hydroxylation is 1. The van der Waals surface area contributed by atoms with E-state index in [-0.39, 0.29) is 0 Å². The smallest absolute Gasteiger partial charge is 0.346 e. The van der Waals surface area contributed by atoms with Crippen molar-refractivity contribution >= 4 is 16.9 Å². The monoisotopic (exact) mass is 366 g/mol. The fourth-order valence-corrected chi connectivity index (χ4v) is 3.07. The second-order valence-electron chi connectivity index (χ2n) is 6.33. The van der Waals surface area contributed by atoms with Crippen LogP contribution in [0.25, 0.3) is 22.1 Å². The van der Waals surface area contributed by atoms with Crippen molar-refractivity contribution < 1.29 is 18.7 Å². The second kappa shape index (κ2) is 8.08. The van der Waals surface area contributed by atoms with E-state index < -0.39 is 17.7 Å². The average Bonchev–Trinajstić information content (AvgIpc) is 2.68. The summed E-state index contributed by atoms with van der Waals surface area (Å²) < 4.78 is 16.0. The summed E-state index contributed by atoms with van der Waals surface area (Å²) in [7, 11) is 1.32. The van der Waals surface area contributed by atoms with Gasteiger partial charge in [-0.05, 0) is 36.1 Å². The molecule has 0 unspecified atom stereocenters. The van der Waals surface area contributed by atoms with E-state index in [0.717, 1.165) is 34.9 Å². The summed E-state index contributed by atoms with van der Waals surface area (Å²) in [5.74, 6) is 0.0626. The van der Waals surface area contributed by atoms with Gasteiger partial charge in [-0.25, -0.2) is 9.59 Å². The van der Waals surface area contributed by atoms with Gasteiger partial charge >= 0.3 is 11.6 Å². The molecule has 27 heavy (non-hydrogen) atoms. The van der Waals surface area contributed by atoms with Gasteiger partial charge in [0, 0.05) is 17.5 Å². The number of carbonyl (C=O) groups is 1. The maximum absolute atomic E-state index is 12.1. The van der Waals surface area contributed by atoms with Crippen molar-refractivity contribution in [1.29, 1.82) is 0 Å². The van der Waals surface area contributed by atoms with Crippen molar-refractivity contribution in [2.24, 2.45) is 0 Å². The van der Waals surface area contributed by atoms with E-state index in [2.05, 4.69) is 6.92 Å². The Kier molecular flexibility index (Phi) is 5.60. The molecule has 0 saturated carbocycles. The predicted molar refractivity (Wildman–Crippen MR) is 104 cm³/mol. The van der Waals surface area contributed by atoms with E-state index >= 15 is 0 Å². The predicted octanol–water partition coefficient (Wildman–Crippen LogP) is 4.35. The molecule has 1 aromatic heterocycles. The van der Waals surface area contributed by atoms with Crippen molar-refractivity contribution in [2.75, 3.05) is 7.11 Å². The molecule has 0 amide bonds. The average molecular weight is 366 g/mol. The van der Waals surface area contributed by atoms with E-state index in [0.29, 0.717) is 11.3 Å². The third kappa shape index (κ3) is 4.03. The summed E-state index contributed by atoms with van der Waals surface area (Å²) in [4.78, 5) is 23.8. The molecule has 5 heteroatoms. The lowest BCUT2D eigenvalue weighted by Gasteiger charge is -2.17. The standard InChI is InChI=1S/C22H22O5/c1-4-8-16-11-18-17(15-9-6-5-7-10-15)12-21(23)27-20(18)13-19(16)26-14(2)22(24)25-3/h5-7,9-14H,4,8H2,1-3H3/t14-/m1/s1. The highest BCUT2D eigenvalue weighted by Gasteiger charge is 2.19. The van der Waals surface area contributed by atoms with Crippen molar-refractivity contribution in [3.05, 3.63) is 64.5 Å². The first-order valence-corrected chi connectivity index (χ1v) is 8.94. The summed E-state index contributed by atoms with van der Waals surface area (Å²) in [5, 5.41) is 0.835. The Bertz CT molecular complexity index is 1000. The highest BCUT2D eigenvalue weighted by atomic mass is 16.6. The zero-order chi connectivity index (χ0) is 19.4. The van der Waals surface area contributed by atoms with Crippen molar-refractivity contribution in [3.8, 4) is 16.9 Å². The van der Waals surface area contributed by atoms with Gasteiger partial charge in [-0.2, -0.15) is 0 Å². The summed E-state index contributed by atoms with van der Waals surface area (Å²) in [6, 6.07) is 14.9. The molecule has 3 rings (SSSR count). The van der Waals surface area contributed by atoms with Crippen molar-refractivity contribution in [3.63, 3.8) is 0 Å². The van der Waals surface area contributed by atoms with E-state index in [1.54, 1.807) is 13.0 Å². The van der Waals surface area contributed by atoms with Gasteiger partial charge < -0.3 is 13.9 Å². The molecule has 0 N–H and O–H groups in total. The molecule has 0 spiro atoms. The van der Waals surface area contributed by atoms with E-state index in [9.17, 15) is 9.59 Å². The first kappa shape index (κ1) is 18.7. The molecule has 0 bridgehead atoms. The largest absolute Gasteiger partial charge is 0.479 e. The number of esters is 1. The molecule has 0 aliphatic rings. The van der Waals surface area contributed by atoms with Gasteiger partial charge in [-0.1, -0.05) is 43.7 Å². The maximum atomic E-state index is 12.1. The van der Waals surface area contributed by atoms with Crippen LogP contribution in [0.3, 0.4) is 0 Å². The molecule has 0 saturated heterocycles. The molecule has 5 nitrogen and oxygen atoms in total. The fraction of sp³-hybridized carbons (Fsp3) is 0.273. The lowest BCUT2D eigenvalue weighted by atomic mass is 9.98. The van der Waals surface area contributed by atoms with Crippen LogP contribution in [0, 0.1) is 0 Å². The van der Waals surface area contributed by atoms with Crippen LogP contribution in [0.4, 0.5) is 0 Å². The minimum atomic E-state index is -0.757. The first-order valence-electron chi connectivity index (χ1n) is 8.94. The Hall–Kier alpha value is -3.08.